The predicted octanol–water partition coefficient (Wildman–Crippen LogP) is 2.40. The monoisotopic (exact) mass is 172 g/mol. The van der Waals surface area contributed by atoms with Crippen LogP contribution >= 0.6 is 0 Å². The van der Waals surface area contributed by atoms with E-state index in [1.165, 1.54) is 5.56 Å². The summed E-state index contributed by atoms with van der Waals surface area (Å²) in [5.41, 5.74) is 0.837. The third-order valence-corrected chi connectivity index (χ3v) is 2.37. The van der Waals surface area contributed by atoms with Crippen molar-refractivity contribution < 1.29 is 0 Å². The zero-order valence-electron chi connectivity index (χ0n) is 7.64. The molecule has 2 nitrogen and oxygen atoms in total. The molecule has 1 aliphatic heterocycles. The van der Waals surface area contributed by atoms with Crippen molar-refractivity contribution in [2.75, 3.05) is 0 Å². The highest BCUT2D eigenvalue weighted by atomic mass is 15.1. The van der Waals surface area contributed by atoms with E-state index in [-0.39, 0.29) is 5.66 Å². The Hall–Kier alpha value is -1.44. The second-order valence-corrected chi connectivity index (χ2v) is 3.09. The van der Waals surface area contributed by atoms with Gasteiger partial charge in [-0.25, -0.2) is 0 Å². The Morgan fingerprint density at radius 3 is 2.23 bits per heavy atom. The molecule has 0 fully saturated rings. The Balaban J connectivity index is 2.44. The number of benzene rings is 1. The summed E-state index contributed by atoms with van der Waals surface area (Å²) in [6.45, 7) is 2.10. The maximum Gasteiger partial charge on any atom is 0.175 e. The van der Waals surface area contributed by atoms with Crippen LogP contribution in [0.2, 0.25) is 0 Å². The molecule has 0 spiro atoms. The maximum atomic E-state index is 4.41. The van der Waals surface area contributed by atoms with Gasteiger partial charge in [0.1, 0.15) is 0 Å². The molecule has 0 N–H and O–H groups in total. The van der Waals surface area contributed by atoms with Crippen molar-refractivity contribution in [1.82, 2.24) is 0 Å². The average molecular weight is 172 g/mol. The Morgan fingerprint density at radius 2 is 1.69 bits per heavy atom. The summed E-state index contributed by atoms with van der Waals surface area (Å²) in [6.07, 6.45) is 4.46. The van der Waals surface area contributed by atoms with E-state index in [2.05, 4.69) is 29.0 Å². The molecule has 0 aromatic heterocycles. The SMILES string of the molecule is CCC1(c2ccccc2)N=CC=N1. The second-order valence-electron chi connectivity index (χ2n) is 3.09. The first-order valence-corrected chi connectivity index (χ1v) is 4.52. The summed E-state index contributed by atoms with van der Waals surface area (Å²) in [7, 11) is 0. The van der Waals surface area contributed by atoms with Crippen LogP contribution in [0.15, 0.2) is 40.3 Å². The van der Waals surface area contributed by atoms with Crippen molar-refractivity contribution >= 4 is 12.4 Å². The Bertz CT molecular complexity index is 326. The largest absolute Gasteiger partial charge is 0.257 e. The first-order valence-electron chi connectivity index (χ1n) is 4.52. The molecule has 0 amide bonds. The van der Waals surface area contributed by atoms with E-state index in [1.54, 1.807) is 12.4 Å². The molecular weight excluding hydrogens is 160 g/mol. The van der Waals surface area contributed by atoms with Crippen LogP contribution in [0, 0.1) is 0 Å². The summed E-state index contributed by atoms with van der Waals surface area (Å²) in [4.78, 5) is 8.82. The molecule has 2 heteroatoms. The van der Waals surface area contributed by atoms with E-state index >= 15 is 0 Å². The molecule has 0 saturated heterocycles. The standard InChI is InChI=1S/C11H12N2/c1-2-11(12-8-9-13-11)10-6-4-3-5-7-10/h3-9H,2H2,1H3. The summed E-state index contributed by atoms with van der Waals surface area (Å²) in [5, 5.41) is 0. The lowest BCUT2D eigenvalue weighted by Gasteiger charge is -2.21. The van der Waals surface area contributed by atoms with Gasteiger partial charge in [-0.15, -0.1) is 0 Å². The van der Waals surface area contributed by atoms with Crippen molar-refractivity contribution in [1.29, 1.82) is 0 Å². The fraction of sp³-hybridized carbons (Fsp3) is 0.273. The number of hydrogen-bond acceptors (Lipinski definition) is 2. The van der Waals surface area contributed by atoms with Crippen LogP contribution in [0.5, 0.6) is 0 Å². The molecule has 1 heterocycles. The molecule has 0 unspecified atom stereocenters. The van der Waals surface area contributed by atoms with E-state index in [1.807, 2.05) is 18.2 Å². The fourth-order valence-corrected chi connectivity index (χ4v) is 1.59. The Morgan fingerprint density at radius 1 is 1.08 bits per heavy atom. The van der Waals surface area contributed by atoms with Gasteiger partial charge in [-0.1, -0.05) is 37.3 Å². The van der Waals surface area contributed by atoms with Crippen LogP contribution in [-0.2, 0) is 5.66 Å². The minimum Gasteiger partial charge on any atom is -0.257 e. The van der Waals surface area contributed by atoms with Gasteiger partial charge in [0.2, 0.25) is 0 Å². The molecule has 1 aromatic carbocycles. The third-order valence-electron chi connectivity index (χ3n) is 2.37. The molecule has 13 heavy (non-hydrogen) atoms. The number of aliphatic imine (C=N–C) groups is 2. The van der Waals surface area contributed by atoms with Gasteiger partial charge in [-0.2, -0.15) is 0 Å². The normalized spacial score (nSPS) is 17.9. The van der Waals surface area contributed by atoms with Gasteiger partial charge in [-0.05, 0) is 6.42 Å². The fourth-order valence-electron chi connectivity index (χ4n) is 1.59. The quantitative estimate of drug-likeness (QED) is 0.654. The van der Waals surface area contributed by atoms with E-state index in [0.29, 0.717) is 0 Å². The lowest BCUT2D eigenvalue weighted by atomic mass is 9.98. The molecule has 0 bridgehead atoms. The molecule has 0 atom stereocenters. The molecular formula is C11H12N2. The summed E-state index contributed by atoms with van der Waals surface area (Å²) in [6, 6.07) is 10.2. The third kappa shape index (κ3) is 1.28. The van der Waals surface area contributed by atoms with Crippen molar-refractivity contribution in [2.45, 2.75) is 19.0 Å². The van der Waals surface area contributed by atoms with Gasteiger partial charge in [0.15, 0.2) is 5.66 Å². The maximum absolute atomic E-state index is 4.41. The first kappa shape index (κ1) is 8.17. The number of rotatable bonds is 2. The topological polar surface area (TPSA) is 24.7 Å². The van der Waals surface area contributed by atoms with Gasteiger partial charge < -0.3 is 0 Å². The first-order chi connectivity index (χ1) is 6.37. The minimum atomic E-state index is -0.332. The smallest absolute Gasteiger partial charge is 0.175 e. The van der Waals surface area contributed by atoms with Gasteiger partial charge >= 0.3 is 0 Å². The molecule has 66 valence electrons. The van der Waals surface area contributed by atoms with Crippen LogP contribution < -0.4 is 0 Å². The predicted molar refractivity (Wildman–Crippen MR) is 55.4 cm³/mol. The number of nitrogens with zero attached hydrogens (tertiary/aromatic N) is 2. The van der Waals surface area contributed by atoms with Crippen LogP contribution in [0.4, 0.5) is 0 Å². The zero-order chi connectivity index (χ0) is 9.15. The van der Waals surface area contributed by atoms with E-state index in [9.17, 15) is 0 Å². The van der Waals surface area contributed by atoms with Gasteiger partial charge in [-0.3, -0.25) is 9.98 Å². The average Bonchev–Trinajstić information content (AvgIpc) is 2.69. The zero-order valence-corrected chi connectivity index (χ0v) is 7.64. The van der Waals surface area contributed by atoms with Crippen molar-refractivity contribution in [3.63, 3.8) is 0 Å². The van der Waals surface area contributed by atoms with Crippen molar-refractivity contribution in [3.8, 4) is 0 Å². The molecule has 1 aromatic rings. The minimum absolute atomic E-state index is 0.332. The van der Waals surface area contributed by atoms with Gasteiger partial charge in [0, 0.05) is 18.0 Å². The van der Waals surface area contributed by atoms with E-state index < -0.39 is 0 Å². The lowest BCUT2D eigenvalue weighted by molar-refractivity contribution is 0.467. The Kier molecular flexibility index (Phi) is 1.97. The van der Waals surface area contributed by atoms with E-state index in [4.69, 9.17) is 0 Å². The highest BCUT2D eigenvalue weighted by Crippen LogP contribution is 2.32. The van der Waals surface area contributed by atoms with Crippen LogP contribution in [0.3, 0.4) is 0 Å². The van der Waals surface area contributed by atoms with Gasteiger partial charge in [0.05, 0.1) is 0 Å². The molecule has 0 radical (unpaired) electrons. The van der Waals surface area contributed by atoms with E-state index in [0.717, 1.165) is 6.42 Å². The van der Waals surface area contributed by atoms with Gasteiger partial charge in [0.25, 0.3) is 0 Å². The molecule has 0 saturated carbocycles. The van der Waals surface area contributed by atoms with Crippen LogP contribution in [0.1, 0.15) is 18.9 Å². The highest BCUT2D eigenvalue weighted by molar-refractivity contribution is 6.17. The molecule has 2 rings (SSSR count). The summed E-state index contributed by atoms with van der Waals surface area (Å²) >= 11 is 0. The number of hydrogen-bond donors (Lipinski definition) is 0. The Labute approximate surface area is 78.0 Å². The summed E-state index contributed by atoms with van der Waals surface area (Å²) in [5.74, 6) is 0. The summed E-state index contributed by atoms with van der Waals surface area (Å²) < 4.78 is 0. The second kappa shape index (κ2) is 3.13. The molecule has 0 aliphatic carbocycles. The molecule has 1 aliphatic rings. The lowest BCUT2D eigenvalue weighted by Crippen LogP contribution is -2.17. The van der Waals surface area contributed by atoms with Crippen LogP contribution in [-0.4, -0.2) is 12.4 Å². The van der Waals surface area contributed by atoms with Crippen molar-refractivity contribution in [3.05, 3.63) is 35.9 Å². The van der Waals surface area contributed by atoms with Crippen molar-refractivity contribution in [2.24, 2.45) is 9.98 Å². The highest BCUT2D eigenvalue weighted by Gasteiger charge is 2.28. The van der Waals surface area contributed by atoms with Crippen LogP contribution in [0.25, 0.3) is 0 Å².